The van der Waals surface area contributed by atoms with Crippen LogP contribution >= 0.6 is 0 Å². The van der Waals surface area contributed by atoms with Crippen molar-refractivity contribution >= 4 is 5.97 Å². The zero-order chi connectivity index (χ0) is 9.35. The summed E-state index contributed by atoms with van der Waals surface area (Å²) in [6.45, 7) is 0. The van der Waals surface area contributed by atoms with E-state index < -0.39 is 17.5 Å². The normalized spacial score (nSPS) is 21.2. The highest BCUT2D eigenvalue weighted by Crippen LogP contribution is 2.23. The van der Waals surface area contributed by atoms with Gasteiger partial charge in [-0.3, -0.25) is 0 Å². The van der Waals surface area contributed by atoms with Crippen LogP contribution in [0.25, 0.3) is 0 Å². The molecule has 0 fully saturated rings. The third kappa shape index (κ3) is 1.46. The van der Waals surface area contributed by atoms with E-state index in [0.29, 0.717) is 6.08 Å². The van der Waals surface area contributed by atoms with Crippen molar-refractivity contribution in [3.05, 3.63) is 23.5 Å². The van der Waals surface area contributed by atoms with Crippen molar-refractivity contribution in [1.29, 1.82) is 0 Å². The number of aliphatic carboxylic acids is 1. The molecule has 1 aliphatic carbocycles. The Bertz CT molecular complexity index is 274. The second-order valence-corrected chi connectivity index (χ2v) is 2.49. The summed E-state index contributed by atoms with van der Waals surface area (Å²) in [6, 6.07) is 0. The monoisotopic (exact) mass is 172 g/mol. The summed E-state index contributed by atoms with van der Waals surface area (Å²) in [5.74, 6) is -4.41. The molecule has 0 aromatic heterocycles. The fourth-order valence-corrected chi connectivity index (χ4v) is 0.882. The molecule has 0 aromatic carbocycles. The van der Waals surface area contributed by atoms with Crippen molar-refractivity contribution in [3.63, 3.8) is 0 Å². The highest BCUT2D eigenvalue weighted by atomic mass is 16.5. The van der Waals surface area contributed by atoms with Crippen LogP contribution in [0.4, 0.5) is 0 Å². The first kappa shape index (κ1) is 8.76. The summed E-state index contributed by atoms with van der Waals surface area (Å²) in [7, 11) is 0. The molecule has 0 saturated carbocycles. The number of allylic oxidation sites excluding steroid dienone is 1. The largest absolute Gasteiger partial charge is 0.507 e. The van der Waals surface area contributed by atoms with Gasteiger partial charge in [0, 0.05) is 12.0 Å². The maximum Gasteiger partial charge on any atom is 0.331 e. The van der Waals surface area contributed by atoms with Crippen LogP contribution in [-0.4, -0.2) is 32.2 Å². The standard InChI is InChI=1S/C7H8O5/c8-5-2-1-4(6(9)10)3-7(5,11)12/h2-3,8,11-12H,1H2,(H,9,10). The van der Waals surface area contributed by atoms with Crippen LogP contribution < -0.4 is 0 Å². The zero-order valence-corrected chi connectivity index (χ0v) is 6.06. The minimum atomic E-state index is -2.54. The minimum Gasteiger partial charge on any atom is -0.507 e. The number of rotatable bonds is 1. The molecule has 12 heavy (non-hydrogen) atoms. The Morgan fingerprint density at radius 1 is 1.50 bits per heavy atom. The van der Waals surface area contributed by atoms with Crippen LogP contribution in [0.15, 0.2) is 23.5 Å². The molecular weight excluding hydrogens is 164 g/mol. The molecule has 0 amide bonds. The Morgan fingerprint density at radius 2 is 2.08 bits per heavy atom. The Hall–Kier alpha value is -1.33. The molecule has 5 nitrogen and oxygen atoms in total. The van der Waals surface area contributed by atoms with Crippen molar-refractivity contribution < 1.29 is 25.2 Å². The number of carboxylic acids is 1. The van der Waals surface area contributed by atoms with Crippen molar-refractivity contribution in [2.75, 3.05) is 0 Å². The first-order valence-electron chi connectivity index (χ1n) is 3.23. The predicted molar refractivity (Wildman–Crippen MR) is 38.2 cm³/mol. The van der Waals surface area contributed by atoms with Crippen molar-refractivity contribution in [3.8, 4) is 0 Å². The number of aliphatic hydroxyl groups is 3. The minimum absolute atomic E-state index is 0.00988. The molecule has 1 aliphatic rings. The smallest absolute Gasteiger partial charge is 0.331 e. The topological polar surface area (TPSA) is 98.0 Å². The van der Waals surface area contributed by atoms with E-state index >= 15 is 0 Å². The molecule has 0 aliphatic heterocycles. The van der Waals surface area contributed by atoms with E-state index in [2.05, 4.69) is 0 Å². The Kier molecular flexibility index (Phi) is 1.91. The van der Waals surface area contributed by atoms with Crippen LogP contribution in [0.1, 0.15) is 6.42 Å². The van der Waals surface area contributed by atoms with Crippen LogP contribution in [-0.2, 0) is 4.79 Å². The summed E-state index contributed by atoms with van der Waals surface area (Å²) in [4.78, 5) is 10.3. The third-order valence-electron chi connectivity index (χ3n) is 1.54. The first-order valence-corrected chi connectivity index (χ1v) is 3.23. The summed E-state index contributed by atoms with van der Waals surface area (Å²) >= 11 is 0. The molecule has 0 aromatic rings. The summed E-state index contributed by atoms with van der Waals surface area (Å²) in [5, 5.41) is 35.2. The molecule has 0 unspecified atom stereocenters. The summed E-state index contributed by atoms with van der Waals surface area (Å²) < 4.78 is 0. The zero-order valence-electron chi connectivity index (χ0n) is 6.06. The number of hydrogen-bond donors (Lipinski definition) is 4. The van der Waals surface area contributed by atoms with Gasteiger partial charge in [0.25, 0.3) is 0 Å². The Labute approximate surface area is 67.9 Å². The molecule has 0 atom stereocenters. The molecule has 0 radical (unpaired) electrons. The Balaban J connectivity index is 2.95. The van der Waals surface area contributed by atoms with Crippen molar-refractivity contribution in [2.45, 2.75) is 12.2 Å². The molecule has 0 spiro atoms. The lowest BCUT2D eigenvalue weighted by Crippen LogP contribution is -2.31. The second-order valence-electron chi connectivity index (χ2n) is 2.49. The molecule has 66 valence electrons. The van der Waals surface area contributed by atoms with Gasteiger partial charge in [-0.25, -0.2) is 4.79 Å². The van der Waals surface area contributed by atoms with E-state index in [1.807, 2.05) is 0 Å². The highest BCUT2D eigenvalue weighted by Gasteiger charge is 2.31. The molecule has 0 bridgehead atoms. The van der Waals surface area contributed by atoms with Crippen LogP contribution in [0.5, 0.6) is 0 Å². The van der Waals surface area contributed by atoms with E-state index in [-0.39, 0.29) is 12.0 Å². The van der Waals surface area contributed by atoms with Gasteiger partial charge in [0.2, 0.25) is 5.79 Å². The second kappa shape index (κ2) is 2.62. The number of aliphatic hydroxyl groups excluding tert-OH is 1. The number of carbonyl (C=O) groups is 1. The summed E-state index contributed by atoms with van der Waals surface area (Å²) in [5.41, 5.74) is -0.155. The van der Waals surface area contributed by atoms with Gasteiger partial charge in [0.05, 0.1) is 0 Å². The van der Waals surface area contributed by atoms with Crippen molar-refractivity contribution in [2.24, 2.45) is 0 Å². The van der Waals surface area contributed by atoms with Gasteiger partial charge >= 0.3 is 5.97 Å². The van der Waals surface area contributed by atoms with Crippen LogP contribution in [0.2, 0.25) is 0 Å². The lowest BCUT2D eigenvalue weighted by atomic mass is 10.0. The number of hydrogen-bond acceptors (Lipinski definition) is 4. The lowest BCUT2D eigenvalue weighted by Gasteiger charge is -2.21. The average Bonchev–Trinajstić information content (AvgIpc) is 1.94. The van der Waals surface area contributed by atoms with E-state index in [0.717, 1.165) is 6.08 Å². The molecular formula is C7H8O5. The Morgan fingerprint density at radius 3 is 2.50 bits per heavy atom. The van der Waals surface area contributed by atoms with E-state index in [1.165, 1.54) is 0 Å². The molecule has 1 rings (SSSR count). The van der Waals surface area contributed by atoms with Gasteiger partial charge < -0.3 is 20.4 Å². The van der Waals surface area contributed by atoms with Gasteiger partial charge in [-0.05, 0) is 12.2 Å². The first-order chi connectivity index (χ1) is 5.43. The number of carboxylic acid groups (broad SMARTS) is 1. The SMILES string of the molecule is O=C(O)C1=CC(O)(O)C(O)=CC1. The third-order valence-corrected chi connectivity index (χ3v) is 1.54. The fraction of sp³-hybridized carbons (Fsp3) is 0.286. The summed E-state index contributed by atoms with van der Waals surface area (Å²) in [6.07, 6.45) is 1.73. The van der Waals surface area contributed by atoms with E-state index in [1.54, 1.807) is 0 Å². The van der Waals surface area contributed by atoms with Crippen LogP contribution in [0, 0.1) is 0 Å². The molecule has 4 N–H and O–H groups in total. The van der Waals surface area contributed by atoms with Crippen LogP contribution in [0.3, 0.4) is 0 Å². The average molecular weight is 172 g/mol. The van der Waals surface area contributed by atoms with Gasteiger partial charge in [-0.15, -0.1) is 0 Å². The molecule has 0 saturated heterocycles. The molecule has 5 heteroatoms. The van der Waals surface area contributed by atoms with Gasteiger partial charge in [0.1, 0.15) is 0 Å². The van der Waals surface area contributed by atoms with Gasteiger partial charge in [-0.2, -0.15) is 0 Å². The fourth-order valence-electron chi connectivity index (χ4n) is 0.882. The van der Waals surface area contributed by atoms with Gasteiger partial charge in [0.15, 0.2) is 5.76 Å². The maximum absolute atomic E-state index is 10.3. The van der Waals surface area contributed by atoms with E-state index in [9.17, 15) is 4.79 Å². The van der Waals surface area contributed by atoms with E-state index in [4.69, 9.17) is 20.4 Å². The lowest BCUT2D eigenvalue weighted by molar-refractivity contribution is -0.135. The quantitative estimate of drug-likeness (QED) is 0.400. The molecule has 0 heterocycles. The predicted octanol–water partition coefficient (Wildman–Crippen LogP) is -0.476. The van der Waals surface area contributed by atoms with Gasteiger partial charge in [-0.1, -0.05) is 0 Å². The highest BCUT2D eigenvalue weighted by molar-refractivity contribution is 5.87. The van der Waals surface area contributed by atoms with Crippen molar-refractivity contribution in [1.82, 2.24) is 0 Å². The maximum atomic E-state index is 10.3.